The molecule has 1 aromatic rings. The highest BCUT2D eigenvalue weighted by molar-refractivity contribution is 5.92. The summed E-state index contributed by atoms with van der Waals surface area (Å²) in [4.78, 5) is 22.2. The number of hydrogen-bond donors (Lipinski definition) is 2. The van der Waals surface area contributed by atoms with Crippen LogP contribution in [0, 0.1) is 0 Å². The van der Waals surface area contributed by atoms with E-state index < -0.39 is 0 Å². The van der Waals surface area contributed by atoms with Gasteiger partial charge < -0.3 is 15.8 Å². The lowest BCUT2D eigenvalue weighted by Crippen LogP contribution is -2.22. The van der Waals surface area contributed by atoms with Crippen molar-refractivity contribution in [3.63, 3.8) is 0 Å². The van der Waals surface area contributed by atoms with Gasteiger partial charge in [0.05, 0.1) is 13.7 Å². The summed E-state index contributed by atoms with van der Waals surface area (Å²) in [5.74, 6) is -0.527. The number of nitrogens with two attached hydrogens (primary N) is 1. The summed E-state index contributed by atoms with van der Waals surface area (Å²) in [7, 11) is 1.35. The van der Waals surface area contributed by atoms with E-state index in [-0.39, 0.29) is 24.8 Å². The van der Waals surface area contributed by atoms with Crippen molar-refractivity contribution in [3.05, 3.63) is 29.8 Å². The topological polar surface area (TPSA) is 81.4 Å². The van der Waals surface area contributed by atoms with Gasteiger partial charge in [-0.25, -0.2) is 0 Å². The van der Waals surface area contributed by atoms with Crippen LogP contribution in [0.5, 0.6) is 0 Å². The van der Waals surface area contributed by atoms with Gasteiger partial charge in [-0.2, -0.15) is 0 Å². The molecule has 5 heteroatoms. The number of para-hydroxylation sites is 1. The lowest BCUT2D eigenvalue weighted by atomic mass is 10.1. The molecule has 1 amide bonds. The van der Waals surface area contributed by atoms with Crippen LogP contribution in [-0.4, -0.2) is 25.5 Å². The van der Waals surface area contributed by atoms with Crippen LogP contribution in [0.4, 0.5) is 5.69 Å². The van der Waals surface area contributed by atoms with E-state index in [1.165, 1.54) is 7.11 Å². The lowest BCUT2D eigenvalue weighted by Gasteiger charge is -2.09. The summed E-state index contributed by atoms with van der Waals surface area (Å²) in [6.45, 7) is -0.0642. The lowest BCUT2D eigenvalue weighted by molar-refractivity contribution is -0.140. The maximum absolute atomic E-state index is 11.2. The molecule has 0 aliphatic carbocycles. The molecule has 0 saturated carbocycles. The average molecular weight is 236 g/mol. The Labute approximate surface area is 99.9 Å². The molecule has 0 aliphatic heterocycles. The van der Waals surface area contributed by atoms with E-state index >= 15 is 0 Å². The molecular formula is C12H16N2O3. The number of nitrogens with one attached hydrogen (secondary N) is 1. The Morgan fingerprint density at radius 1 is 1.35 bits per heavy atom. The SMILES string of the molecule is COC(=O)CCc1ccccc1NC(=O)CN. The number of ether oxygens (including phenoxy) is 1. The minimum atomic E-state index is -0.273. The van der Waals surface area contributed by atoms with Crippen molar-refractivity contribution < 1.29 is 14.3 Å². The third-order valence-electron chi connectivity index (χ3n) is 2.30. The van der Waals surface area contributed by atoms with E-state index in [9.17, 15) is 9.59 Å². The van der Waals surface area contributed by atoms with Crippen LogP contribution in [0.3, 0.4) is 0 Å². The Kier molecular flexibility index (Phi) is 5.16. The van der Waals surface area contributed by atoms with Crippen LogP contribution in [0.1, 0.15) is 12.0 Å². The average Bonchev–Trinajstić information content (AvgIpc) is 2.37. The molecule has 0 atom stereocenters. The van der Waals surface area contributed by atoms with Crippen molar-refractivity contribution in [1.82, 2.24) is 0 Å². The van der Waals surface area contributed by atoms with Crippen molar-refractivity contribution in [2.24, 2.45) is 5.73 Å². The Hall–Kier alpha value is -1.88. The van der Waals surface area contributed by atoms with E-state index in [1.54, 1.807) is 6.07 Å². The zero-order valence-electron chi connectivity index (χ0n) is 9.73. The minimum Gasteiger partial charge on any atom is -0.469 e. The molecule has 0 spiro atoms. The Morgan fingerprint density at radius 2 is 2.06 bits per heavy atom. The number of carbonyl (C=O) groups excluding carboxylic acids is 2. The molecule has 92 valence electrons. The van der Waals surface area contributed by atoms with Gasteiger partial charge in [0.25, 0.3) is 0 Å². The monoisotopic (exact) mass is 236 g/mol. The van der Waals surface area contributed by atoms with Gasteiger partial charge in [0.1, 0.15) is 0 Å². The van der Waals surface area contributed by atoms with Crippen molar-refractivity contribution in [2.75, 3.05) is 19.0 Å². The number of rotatable bonds is 5. The third kappa shape index (κ3) is 4.24. The summed E-state index contributed by atoms with van der Waals surface area (Å²) >= 11 is 0. The normalized spacial score (nSPS) is 9.76. The highest BCUT2D eigenvalue weighted by Crippen LogP contribution is 2.16. The number of benzene rings is 1. The first-order valence-corrected chi connectivity index (χ1v) is 5.32. The summed E-state index contributed by atoms with van der Waals surface area (Å²) in [5, 5.41) is 2.69. The van der Waals surface area contributed by atoms with Gasteiger partial charge in [-0.05, 0) is 18.1 Å². The zero-order valence-corrected chi connectivity index (χ0v) is 9.73. The Balaban J connectivity index is 2.70. The Bertz CT molecular complexity index is 404. The minimum absolute atomic E-state index is 0.0642. The molecule has 0 radical (unpaired) electrons. The van der Waals surface area contributed by atoms with E-state index in [1.807, 2.05) is 18.2 Å². The Morgan fingerprint density at radius 3 is 2.71 bits per heavy atom. The molecule has 5 nitrogen and oxygen atoms in total. The van der Waals surface area contributed by atoms with E-state index in [4.69, 9.17) is 5.73 Å². The number of methoxy groups -OCH3 is 1. The molecule has 0 aromatic heterocycles. The molecule has 3 N–H and O–H groups in total. The van der Waals surface area contributed by atoms with Crippen LogP contribution < -0.4 is 11.1 Å². The fourth-order valence-corrected chi connectivity index (χ4v) is 1.40. The van der Waals surface area contributed by atoms with Crippen molar-refractivity contribution in [1.29, 1.82) is 0 Å². The molecule has 0 saturated heterocycles. The summed E-state index contributed by atoms with van der Waals surface area (Å²) in [6, 6.07) is 7.30. The second-order valence-corrected chi connectivity index (χ2v) is 3.49. The number of esters is 1. The highest BCUT2D eigenvalue weighted by atomic mass is 16.5. The summed E-state index contributed by atoms with van der Waals surface area (Å²) < 4.78 is 4.57. The third-order valence-corrected chi connectivity index (χ3v) is 2.30. The maximum atomic E-state index is 11.2. The molecule has 0 bridgehead atoms. The van der Waals surface area contributed by atoms with Crippen LogP contribution in [0.15, 0.2) is 24.3 Å². The molecule has 0 fully saturated rings. The number of carbonyl (C=O) groups is 2. The standard InChI is InChI=1S/C12H16N2O3/c1-17-12(16)7-6-9-4-2-3-5-10(9)14-11(15)8-13/h2-5H,6-8,13H2,1H3,(H,14,15). The zero-order chi connectivity index (χ0) is 12.7. The fraction of sp³-hybridized carbons (Fsp3) is 0.333. The first-order valence-electron chi connectivity index (χ1n) is 5.32. The van der Waals surface area contributed by atoms with Crippen LogP contribution in [0.25, 0.3) is 0 Å². The van der Waals surface area contributed by atoms with Crippen LogP contribution in [0.2, 0.25) is 0 Å². The van der Waals surface area contributed by atoms with Gasteiger partial charge in [0.2, 0.25) is 5.91 Å². The first kappa shape index (κ1) is 13.2. The quantitative estimate of drug-likeness (QED) is 0.737. The first-order chi connectivity index (χ1) is 8.17. The van der Waals surface area contributed by atoms with Crippen molar-refractivity contribution >= 4 is 17.6 Å². The molecule has 1 aromatic carbocycles. The van der Waals surface area contributed by atoms with E-state index in [0.717, 1.165) is 5.56 Å². The molecule has 0 aliphatic rings. The predicted molar refractivity (Wildman–Crippen MR) is 64.5 cm³/mol. The van der Waals surface area contributed by atoms with Gasteiger partial charge in [0, 0.05) is 12.1 Å². The predicted octanol–water partition coefficient (Wildman–Crippen LogP) is 0.689. The summed E-state index contributed by atoms with van der Waals surface area (Å²) in [5.41, 5.74) is 6.80. The van der Waals surface area contributed by atoms with Crippen molar-refractivity contribution in [2.45, 2.75) is 12.8 Å². The number of amides is 1. The fourth-order valence-electron chi connectivity index (χ4n) is 1.40. The van der Waals surface area contributed by atoms with Gasteiger partial charge in [-0.3, -0.25) is 9.59 Å². The van der Waals surface area contributed by atoms with E-state index in [0.29, 0.717) is 12.1 Å². The number of anilines is 1. The molecule has 1 rings (SSSR count). The summed E-state index contributed by atoms with van der Waals surface area (Å²) in [6.07, 6.45) is 0.805. The highest BCUT2D eigenvalue weighted by Gasteiger charge is 2.07. The largest absolute Gasteiger partial charge is 0.469 e. The van der Waals surface area contributed by atoms with E-state index in [2.05, 4.69) is 10.1 Å². The molecule has 0 heterocycles. The number of aryl methyl sites for hydroxylation is 1. The molecular weight excluding hydrogens is 220 g/mol. The van der Waals surface area contributed by atoms with Gasteiger partial charge in [-0.1, -0.05) is 18.2 Å². The van der Waals surface area contributed by atoms with Gasteiger partial charge >= 0.3 is 5.97 Å². The van der Waals surface area contributed by atoms with Crippen LogP contribution in [-0.2, 0) is 20.7 Å². The van der Waals surface area contributed by atoms with Crippen LogP contribution >= 0.6 is 0 Å². The van der Waals surface area contributed by atoms with Crippen molar-refractivity contribution in [3.8, 4) is 0 Å². The number of hydrogen-bond acceptors (Lipinski definition) is 4. The second-order valence-electron chi connectivity index (χ2n) is 3.49. The molecule has 17 heavy (non-hydrogen) atoms. The molecule has 0 unspecified atom stereocenters. The smallest absolute Gasteiger partial charge is 0.305 e. The maximum Gasteiger partial charge on any atom is 0.305 e. The second kappa shape index (κ2) is 6.65. The van der Waals surface area contributed by atoms with Gasteiger partial charge in [-0.15, -0.1) is 0 Å². The van der Waals surface area contributed by atoms with Gasteiger partial charge in [0.15, 0.2) is 0 Å².